The van der Waals surface area contributed by atoms with E-state index in [-0.39, 0.29) is 22.8 Å². The second kappa shape index (κ2) is 8.23. The maximum atomic E-state index is 12.3. The van der Waals surface area contributed by atoms with Crippen molar-refractivity contribution in [1.82, 2.24) is 0 Å². The van der Waals surface area contributed by atoms with Crippen LogP contribution in [-0.2, 0) is 10.2 Å². The molecule has 0 saturated carbocycles. The molecule has 0 spiro atoms. The van der Waals surface area contributed by atoms with Gasteiger partial charge in [-0.15, -0.1) is 11.8 Å². The number of carbonyl (C=O) groups excluding carboxylic acids is 1. The van der Waals surface area contributed by atoms with E-state index in [1.54, 1.807) is 19.2 Å². The minimum Gasteiger partial charge on any atom is -0.495 e. The fraction of sp³-hybridized carbons (Fsp3) is 0.316. The summed E-state index contributed by atoms with van der Waals surface area (Å²) >= 11 is 1.32. The monoisotopic (exact) mass is 374 g/mol. The van der Waals surface area contributed by atoms with E-state index >= 15 is 0 Å². The van der Waals surface area contributed by atoms with Crippen molar-refractivity contribution in [3.63, 3.8) is 0 Å². The molecule has 0 heterocycles. The zero-order valence-corrected chi connectivity index (χ0v) is 16.1. The first-order valence-electron chi connectivity index (χ1n) is 8.06. The van der Waals surface area contributed by atoms with Crippen LogP contribution in [0.1, 0.15) is 26.3 Å². The zero-order chi connectivity index (χ0) is 19.3. The van der Waals surface area contributed by atoms with Crippen LogP contribution in [0.5, 0.6) is 5.75 Å². The van der Waals surface area contributed by atoms with Crippen molar-refractivity contribution in [2.24, 2.45) is 0 Å². The smallest absolute Gasteiger partial charge is 0.269 e. The van der Waals surface area contributed by atoms with Gasteiger partial charge in [-0.2, -0.15) is 0 Å². The van der Waals surface area contributed by atoms with E-state index in [0.717, 1.165) is 10.5 Å². The number of ether oxygens (including phenoxy) is 1. The number of nitrogens with one attached hydrogen (secondary N) is 1. The molecule has 2 rings (SSSR count). The number of methoxy groups -OCH3 is 1. The maximum absolute atomic E-state index is 12.3. The minimum absolute atomic E-state index is 0.0301. The molecular formula is C19H22N2O4S. The third kappa shape index (κ3) is 5.23. The van der Waals surface area contributed by atoms with Crippen molar-refractivity contribution in [2.75, 3.05) is 18.2 Å². The van der Waals surface area contributed by atoms with E-state index in [9.17, 15) is 14.9 Å². The third-order valence-electron chi connectivity index (χ3n) is 3.76. The van der Waals surface area contributed by atoms with Gasteiger partial charge in [-0.1, -0.05) is 26.8 Å². The predicted molar refractivity (Wildman–Crippen MR) is 104 cm³/mol. The fourth-order valence-electron chi connectivity index (χ4n) is 2.27. The average Bonchev–Trinajstić information content (AvgIpc) is 2.59. The lowest BCUT2D eigenvalue weighted by atomic mass is 9.87. The van der Waals surface area contributed by atoms with E-state index in [2.05, 4.69) is 26.1 Å². The fourth-order valence-corrected chi connectivity index (χ4v) is 2.97. The highest BCUT2D eigenvalue weighted by atomic mass is 32.2. The van der Waals surface area contributed by atoms with Crippen molar-refractivity contribution in [1.29, 1.82) is 0 Å². The highest BCUT2D eigenvalue weighted by Crippen LogP contribution is 2.31. The van der Waals surface area contributed by atoms with Crippen LogP contribution in [0.15, 0.2) is 47.4 Å². The molecule has 0 aliphatic rings. The van der Waals surface area contributed by atoms with Gasteiger partial charge in [-0.3, -0.25) is 14.9 Å². The van der Waals surface area contributed by atoms with Crippen LogP contribution in [0.2, 0.25) is 0 Å². The molecule has 0 aromatic heterocycles. The number of rotatable bonds is 6. The molecule has 26 heavy (non-hydrogen) atoms. The lowest BCUT2D eigenvalue weighted by molar-refractivity contribution is -0.384. The van der Waals surface area contributed by atoms with Crippen LogP contribution in [0.3, 0.4) is 0 Å². The normalized spacial score (nSPS) is 11.1. The summed E-state index contributed by atoms with van der Waals surface area (Å²) in [6.07, 6.45) is 0. The van der Waals surface area contributed by atoms with Crippen LogP contribution in [0.4, 0.5) is 11.4 Å². The molecule has 0 fully saturated rings. The van der Waals surface area contributed by atoms with E-state index in [1.807, 2.05) is 18.2 Å². The SMILES string of the molecule is COc1ccc(C(C)(C)C)cc1NC(=O)CSc1ccc([N+](=O)[O-])cc1. The number of nitro benzene ring substituents is 1. The summed E-state index contributed by atoms with van der Waals surface area (Å²) in [5, 5.41) is 13.5. The molecule has 138 valence electrons. The number of nitrogens with zero attached hydrogens (tertiary/aromatic N) is 1. The molecule has 6 nitrogen and oxygen atoms in total. The number of amides is 1. The first-order valence-corrected chi connectivity index (χ1v) is 9.05. The van der Waals surface area contributed by atoms with Crippen molar-refractivity contribution in [3.05, 3.63) is 58.1 Å². The van der Waals surface area contributed by atoms with Gasteiger partial charge >= 0.3 is 0 Å². The van der Waals surface area contributed by atoms with Crippen molar-refractivity contribution in [3.8, 4) is 5.75 Å². The van der Waals surface area contributed by atoms with Crippen LogP contribution in [0, 0.1) is 10.1 Å². The second-order valence-electron chi connectivity index (χ2n) is 6.75. The van der Waals surface area contributed by atoms with Gasteiger partial charge in [0.25, 0.3) is 5.69 Å². The Labute approximate surface area is 157 Å². The Morgan fingerprint density at radius 2 is 1.85 bits per heavy atom. The summed E-state index contributed by atoms with van der Waals surface area (Å²) in [5.41, 5.74) is 1.72. The van der Waals surface area contributed by atoms with Gasteiger partial charge < -0.3 is 10.1 Å². The molecule has 0 bridgehead atoms. The Balaban J connectivity index is 2.04. The number of thioether (sulfide) groups is 1. The number of benzene rings is 2. The lowest BCUT2D eigenvalue weighted by Gasteiger charge is -2.21. The molecule has 0 aliphatic heterocycles. The number of carbonyl (C=O) groups is 1. The molecule has 2 aromatic rings. The van der Waals surface area contributed by atoms with E-state index in [4.69, 9.17) is 4.74 Å². The second-order valence-corrected chi connectivity index (χ2v) is 7.80. The Hall–Kier alpha value is -2.54. The lowest BCUT2D eigenvalue weighted by Crippen LogP contribution is -2.16. The topological polar surface area (TPSA) is 81.5 Å². The van der Waals surface area contributed by atoms with Gasteiger partial charge in [-0.25, -0.2) is 0 Å². The average molecular weight is 374 g/mol. The van der Waals surface area contributed by atoms with Crippen LogP contribution in [-0.4, -0.2) is 23.7 Å². The van der Waals surface area contributed by atoms with Crippen molar-refractivity contribution in [2.45, 2.75) is 31.1 Å². The molecule has 7 heteroatoms. The number of non-ortho nitro benzene ring substituents is 1. The molecular weight excluding hydrogens is 352 g/mol. The number of hydrogen-bond acceptors (Lipinski definition) is 5. The van der Waals surface area contributed by atoms with Crippen LogP contribution >= 0.6 is 11.8 Å². The summed E-state index contributed by atoms with van der Waals surface area (Å²) in [6.45, 7) is 6.31. The molecule has 0 aliphatic carbocycles. The maximum Gasteiger partial charge on any atom is 0.269 e. The Kier molecular flexibility index (Phi) is 6.26. The van der Waals surface area contributed by atoms with Gasteiger partial charge in [0.15, 0.2) is 0 Å². The molecule has 1 amide bonds. The quantitative estimate of drug-likeness (QED) is 0.453. The first-order chi connectivity index (χ1) is 12.2. The molecule has 0 radical (unpaired) electrons. The summed E-state index contributed by atoms with van der Waals surface area (Å²) in [4.78, 5) is 23.3. The Morgan fingerprint density at radius 1 is 1.19 bits per heavy atom. The van der Waals surface area contributed by atoms with Crippen LogP contribution in [0.25, 0.3) is 0 Å². The predicted octanol–water partition coefficient (Wildman–Crippen LogP) is 4.63. The molecule has 0 atom stereocenters. The highest BCUT2D eigenvalue weighted by molar-refractivity contribution is 8.00. The van der Waals surface area contributed by atoms with Gasteiger partial charge in [0, 0.05) is 17.0 Å². The summed E-state index contributed by atoms with van der Waals surface area (Å²) < 4.78 is 5.33. The van der Waals surface area contributed by atoms with E-state index < -0.39 is 4.92 Å². The van der Waals surface area contributed by atoms with E-state index in [0.29, 0.717) is 11.4 Å². The first kappa shape index (κ1) is 19.8. The molecule has 1 N–H and O–H groups in total. The summed E-state index contributed by atoms with van der Waals surface area (Å²) in [5.74, 6) is 0.630. The van der Waals surface area contributed by atoms with E-state index in [1.165, 1.54) is 23.9 Å². The van der Waals surface area contributed by atoms with Gasteiger partial charge in [0.2, 0.25) is 5.91 Å². The molecule has 0 saturated heterocycles. The number of hydrogen-bond donors (Lipinski definition) is 1. The Bertz CT molecular complexity index is 798. The van der Waals surface area contributed by atoms with Gasteiger partial charge in [-0.05, 0) is 35.2 Å². The Morgan fingerprint density at radius 3 is 2.38 bits per heavy atom. The van der Waals surface area contributed by atoms with Gasteiger partial charge in [0.05, 0.1) is 23.5 Å². The largest absolute Gasteiger partial charge is 0.495 e. The standard InChI is InChI=1S/C19H22N2O4S/c1-19(2,3)13-5-10-17(25-4)16(11-13)20-18(22)12-26-15-8-6-14(7-9-15)21(23)24/h5-11H,12H2,1-4H3,(H,20,22). The minimum atomic E-state index is -0.449. The highest BCUT2D eigenvalue weighted by Gasteiger charge is 2.17. The summed E-state index contributed by atoms with van der Waals surface area (Å²) in [7, 11) is 1.56. The van der Waals surface area contributed by atoms with Gasteiger partial charge in [0.1, 0.15) is 5.75 Å². The summed E-state index contributed by atoms with van der Waals surface area (Å²) in [6, 6.07) is 11.9. The van der Waals surface area contributed by atoms with Crippen LogP contribution < -0.4 is 10.1 Å². The molecule has 0 unspecified atom stereocenters. The third-order valence-corrected chi connectivity index (χ3v) is 4.77. The number of anilines is 1. The zero-order valence-electron chi connectivity index (χ0n) is 15.2. The van der Waals surface area contributed by atoms with Crippen molar-refractivity contribution < 1.29 is 14.5 Å². The molecule has 2 aromatic carbocycles. The van der Waals surface area contributed by atoms with Crippen molar-refractivity contribution >= 4 is 29.0 Å². The number of nitro groups is 1.